The summed E-state index contributed by atoms with van der Waals surface area (Å²) in [6.45, 7) is 3.41. The normalized spacial score (nSPS) is 13.5. The summed E-state index contributed by atoms with van der Waals surface area (Å²) in [6, 6.07) is 17.0. The van der Waals surface area contributed by atoms with E-state index in [-0.39, 0.29) is 5.91 Å². The van der Waals surface area contributed by atoms with Gasteiger partial charge in [0.15, 0.2) is 11.5 Å². The standard InChI is InChI=1S/C24H24BrN3O4/c1-30-21-14-18(13-20(25)23(21)32-16-17-5-3-2-4-6-17)24(29)27-19-7-8-22(26-15-19)28-9-11-31-12-10-28/h2-8,13-15H,9-12,16H2,1H3,(H,27,29). The Balaban J connectivity index is 1.44. The van der Waals surface area contributed by atoms with Crippen LogP contribution in [0.25, 0.3) is 0 Å². The average Bonchev–Trinajstić information content (AvgIpc) is 2.84. The number of methoxy groups -OCH3 is 1. The fraction of sp³-hybridized carbons (Fsp3) is 0.250. The second kappa shape index (κ2) is 10.5. The molecule has 0 atom stereocenters. The summed E-state index contributed by atoms with van der Waals surface area (Å²) in [6.07, 6.45) is 1.66. The molecule has 166 valence electrons. The van der Waals surface area contributed by atoms with Crippen molar-refractivity contribution >= 4 is 33.3 Å². The lowest BCUT2D eigenvalue weighted by Gasteiger charge is -2.27. The summed E-state index contributed by atoms with van der Waals surface area (Å²) in [5.74, 6) is 1.63. The molecule has 4 rings (SSSR count). The summed E-state index contributed by atoms with van der Waals surface area (Å²) < 4.78 is 17.4. The molecule has 2 heterocycles. The Kier molecular flexibility index (Phi) is 7.24. The largest absolute Gasteiger partial charge is 0.493 e. The number of hydrogen-bond acceptors (Lipinski definition) is 6. The first kappa shape index (κ1) is 22.1. The van der Waals surface area contributed by atoms with Crippen LogP contribution in [0.5, 0.6) is 11.5 Å². The zero-order chi connectivity index (χ0) is 22.3. The molecule has 1 aliphatic rings. The highest BCUT2D eigenvalue weighted by atomic mass is 79.9. The highest BCUT2D eigenvalue weighted by molar-refractivity contribution is 9.10. The van der Waals surface area contributed by atoms with Gasteiger partial charge in [-0.15, -0.1) is 0 Å². The molecule has 0 saturated carbocycles. The molecular formula is C24H24BrN3O4. The number of aromatic nitrogens is 1. The molecule has 0 radical (unpaired) electrons. The number of morpholine rings is 1. The second-order valence-electron chi connectivity index (χ2n) is 7.22. The number of hydrogen-bond donors (Lipinski definition) is 1. The Morgan fingerprint density at radius 3 is 2.62 bits per heavy atom. The highest BCUT2D eigenvalue weighted by Gasteiger charge is 2.17. The van der Waals surface area contributed by atoms with Gasteiger partial charge in [-0.05, 0) is 45.8 Å². The van der Waals surface area contributed by atoms with Crippen LogP contribution < -0.4 is 19.7 Å². The number of ether oxygens (including phenoxy) is 3. The third-order valence-corrected chi connectivity index (χ3v) is 5.65. The molecule has 1 amide bonds. The molecule has 3 aromatic rings. The highest BCUT2D eigenvalue weighted by Crippen LogP contribution is 2.37. The number of pyridine rings is 1. The molecule has 0 unspecified atom stereocenters. The summed E-state index contributed by atoms with van der Waals surface area (Å²) in [4.78, 5) is 19.5. The van der Waals surface area contributed by atoms with Gasteiger partial charge in [-0.1, -0.05) is 30.3 Å². The van der Waals surface area contributed by atoms with Crippen LogP contribution in [0.15, 0.2) is 65.3 Å². The van der Waals surface area contributed by atoms with Crippen molar-refractivity contribution in [3.05, 3.63) is 76.4 Å². The van der Waals surface area contributed by atoms with Gasteiger partial charge in [-0.3, -0.25) is 4.79 Å². The molecule has 7 nitrogen and oxygen atoms in total. The number of anilines is 2. The molecule has 1 aliphatic heterocycles. The van der Waals surface area contributed by atoms with Gasteiger partial charge in [0.2, 0.25) is 0 Å². The lowest BCUT2D eigenvalue weighted by molar-refractivity contribution is 0.102. The van der Waals surface area contributed by atoms with Crippen LogP contribution in [0.1, 0.15) is 15.9 Å². The van der Waals surface area contributed by atoms with Gasteiger partial charge in [0.1, 0.15) is 12.4 Å². The van der Waals surface area contributed by atoms with Gasteiger partial charge >= 0.3 is 0 Å². The summed E-state index contributed by atoms with van der Waals surface area (Å²) in [7, 11) is 1.55. The van der Waals surface area contributed by atoms with E-state index in [1.165, 1.54) is 0 Å². The molecule has 1 fully saturated rings. The number of rotatable bonds is 7. The van der Waals surface area contributed by atoms with Crippen LogP contribution in [-0.4, -0.2) is 44.3 Å². The van der Waals surface area contributed by atoms with Crippen LogP contribution in [0, 0.1) is 0 Å². The Morgan fingerprint density at radius 1 is 1.16 bits per heavy atom. The van der Waals surface area contributed by atoms with E-state index < -0.39 is 0 Å². The molecule has 8 heteroatoms. The van der Waals surface area contributed by atoms with Crippen molar-refractivity contribution in [3.63, 3.8) is 0 Å². The predicted octanol–water partition coefficient (Wildman–Crippen LogP) is 4.52. The number of halogens is 1. The molecular weight excluding hydrogens is 474 g/mol. The molecule has 1 saturated heterocycles. The molecule has 2 aromatic carbocycles. The van der Waals surface area contributed by atoms with Crippen LogP contribution in [-0.2, 0) is 11.3 Å². The van der Waals surface area contributed by atoms with Crippen molar-refractivity contribution < 1.29 is 19.0 Å². The van der Waals surface area contributed by atoms with Crippen LogP contribution in [0.4, 0.5) is 11.5 Å². The average molecular weight is 498 g/mol. The Labute approximate surface area is 195 Å². The number of carbonyl (C=O) groups is 1. The van der Waals surface area contributed by atoms with Crippen LogP contribution in [0.2, 0.25) is 0 Å². The van der Waals surface area contributed by atoms with Crippen molar-refractivity contribution in [1.82, 2.24) is 4.98 Å². The van der Waals surface area contributed by atoms with E-state index in [1.807, 2.05) is 42.5 Å². The van der Waals surface area contributed by atoms with E-state index in [4.69, 9.17) is 14.2 Å². The van der Waals surface area contributed by atoms with Crippen molar-refractivity contribution in [1.29, 1.82) is 0 Å². The van der Waals surface area contributed by atoms with Gasteiger partial charge in [0, 0.05) is 18.7 Å². The third-order valence-electron chi connectivity index (χ3n) is 5.06. The molecule has 1 aromatic heterocycles. The second-order valence-corrected chi connectivity index (χ2v) is 8.08. The minimum atomic E-state index is -0.264. The Bertz CT molecular complexity index is 1050. The van der Waals surface area contributed by atoms with Gasteiger partial charge in [-0.2, -0.15) is 0 Å². The first-order chi connectivity index (χ1) is 15.6. The van der Waals surface area contributed by atoms with Gasteiger partial charge < -0.3 is 24.4 Å². The van der Waals surface area contributed by atoms with E-state index in [2.05, 4.69) is 31.1 Å². The predicted molar refractivity (Wildman–Crippen MR) is 127 cm³/mol. The van der Waals surface area contributed by atoms with E-state index in [1.54, 1.807) is 25.4 Å². The first-order valence-electron chi connectivity index (χ1n) is 10.3. The smallest absolute Gasteiger partial charge is 0.255 e. The maximum atomic E-state index is 12.8. The van der Waals surface area contributed by atoms with Crippen molar-refractivity contribution in [2.75, 3.05) is 43.6 Å². The van der Waals surface area contributed by atoms with Crippen LogP contribution in [0.3, 0.4) is 0 Å². The monoisotopic (exact) mass is 497 g/mol. The maximum Gasteiger partial charge on any atom is 0.255 e. The number of amides is 1. The molecule has 0 aliphatic carbocycles. The SMILES string of the molecule is COc1cc(C(=O)Nc2ccc(N3CCOCC3)nc2)cc(Br)c1OCc1ccccc1. The minimum absolute atomic E-state index is 0.264. The van der Waals surface area contributed by atoms with E-state index in [0.29, 0.717) is 47.0 Å². The molecule has 32 heavy (non-hydrogen) atoms. The molecule has 0 bridgehead atoms. The number of carbonyl (C=O) groups excluding carboxylic acids is 1. The summed E-state index contributed by atoms with van der Waals surface area (Å²) in [5, 5.41) is 2.88. The van der Waals surface area contributed by atoms with E-state index in [0.717, 1.165) is 24.5 Å². The first-order valence-corrected chi connectivity index (χ1v) is 11.1. The van der Waals surface area contributed by atoms with Crippen molar-refractivity contribution in [3.8, 4) is 11.5 Å². The number of nitrogens with one attached hydrogen (secondary N) is 1. The van der Waals surface area contributed by atoms with Gasteiger partial charge in [0.05, 0.1) is 36.7 Å². The molecule has 1 N–H and O–H groups in total. The quantitative estimate of drug-likeness (QED) is 0.517. The van der Waals surface area contributed by atoms with Crippen molar-refractivity contribution in [2.24, 2.45) is 0 Å². The number of benzene rings is 2. The zero-order valence-electron chi connectivity index (χ0n) is 17.7. The van der Waals surface area contributed by atoms with Gasteiger partial charge in [0.25, 0.3) is 5.91 Å². The van der Waals surface area contributed by atoms with Gasteiger partial charge in [-0.25, -0.2) is 4.98 Å². The lowest BCUT2D eigenvalue weighted by Crippen LogP contribution is -2.36. The lowest BCUT2D eigenvalue weighted by atomic mass is 10.1. The van der Waals surface area contributed by atoms with Crippen LogP contribution >= 0.6 is 15.9 Å². The van der Waals surface area contributed by atoms with Crippen molar-refractivity contribution in [2.45, 2.75) is 6.61 Å². The van der Waals surface area contributed by atoms with E-state index >= 15 is 0 Å². The topological polar surface area (TPSA) is 72.9 Å². The molecule has 0 spiro atoms. The zero-order valence-corrected chi connectivity index (χ0v) is 19.3. The Hall–Kier alpha value is -3.10. The van der Waals surface area contributed by atoms with E-state index in [9.17, 15) is 4.79 Å². The summed E-state index contributed by atoms with van der Waals surface area (Å²) >= 11 is 3.51. The fourth-order valence-electron chi connectivity index (χ4n) is 3.36. The maximum absolute atomic E-state index is 12.8. The number of nitrogens with zero attached hydrogens (tertiary/aromatic N) is 2. The third kappa shape index (κ3) is 5.38. The minimum Gasteiger partial charge on any atom is -0.493 e. The fourth-order valence-corrected chi connectivity index (χ4v) is 3.92. The summed E-state index contributed by atoms with van der Waals surface area (Å²) in [5.41, 5.74) is 2.10. The Morgan fingerprint density at radius 2 is 1.94 bits per heavy atom.